The molecule has 1 amide bonds. The third-order valence-electron chi connectivity index (χ3n) is 3.54. The van der Waals surface area contributed by atoms with Crippen LogP contribution in [0, 0.1) is 5.82 Å². The van der Waals surface area contributed by atoms with Crippen LogP contribution in [0.1, 0.15) is 24.2 Å². The molecule has 0 atom stereocenters. The number of para-hydroxylation sites is 2. The number of nitrogens with one attached hydrogen (secondary N) is 1. The Morgan fingerprint density at radius 3 is 2.71 bits per heavy atom. The Bertz CT molecular complexity index is 697. The summed E-state index contributed by atoms with van der Waals surface area (Å²) in [5.74, 6) is -0.583. The summed E-state index contributed by atoms with van der Waals surface area (Å²) in [6.07, 6.45) is 0. The van der Waals surface area contributed by atoms with Crippen LogP contribution in [0.3, 0.4) is 0 Å². The van der Waals surface area contributed by atoms with Gasteiger partial charge in [-0.05, 0) is 44.2 Å². The highest BCUT2D eigenvalue weighted by molar-refractivity contribution is 6.08. The Hall–Kier alpha value is -2.36. The molecule has 2 aromatic rings. The van der Waals surface area contributed by atoms with Gasteiger partial charge < -0.3 is 10.2 Å². The molecule has 0 unspecified atom stereocenters. The second kappa shape index (κ2) is 4.88. The number of anilines is 2. The fourth-order valence-corrected chi connectivity index (χ4v) is 2.66. The summed E-state index contributed by atoms with van der Waals surface area (Å²) in [4.78, 5) is 14.4. The average molecular weight is 284 g/mol. The van der Waals surface area contributed by atoms with E-state index in [1.165, 1.54) is 12.1 Å². The van der Waals surface area contributed by atoms with Crippen LogP contribution >= 0.6 is 0 Å². The van der Waals surface area contributed by atoms with Gasteiger partial charge in [-0.25, -0.2) is 4.39 Å². The smallest absolute Gasteiger partial charge is 0.258 e. The van der Waals surface area contributed by atoms with Crippen LogP contribution in [0.25, 0.3) is 0 Å². The molecule has 0 saturated heterocycles. The van der Waals surface area contributed by atoms with E-state index < -0.39 is 5.82 Å². The zero-order valence-electron chi connectivity index (χ0n) is 12.1. The SMILES string of the molecule is CC1(C)CN(C(=O)c2cccc(F)c2)c2ccccc2N1. The van der Waals surface area contributed by atoms with E-state index >= 15 is 0 Å². The maximum absolute atomic E-state index is 13.4. The van der Waals surface area contributed by atoms with Crippen molar-refractivity contribution in [2.75, 3.05) is 16.8 Å². The van der Waals surface area contributed by atoms with E-state index in [9.17, 15) is 9.18 Å². The van der Waals surface area contributed by atoms with Gasteiger partial charge in [-0.2, -0.15) is 0 Å². The van der Waals surface area contributed by atoms with Crippen LogP contribution in [0.15, 0.2) is 48.5 Å². The van der Waals surface area contributed by atoms with Gasteiger partial charge in [-0.3, -0.25) is 4.79 Å². The number of amides is 1. The summed E-state index contributed by atoms with van der Waals surface area (Å²) in [5.41, 5.74) is 1.87. The van der Waals surface area contributed by atoms with E-state index in [1.807, 2.05) is 38.1 Å². The molecule has 4 heteroatoms. The average Bonchev–Trinajstić information content (AvgIpc) is 2.44. The predicted molar refractivity (Wildman–Crippen MR) is 82.2 cm³/mol. The Balaban J connectivity index is 2.03. The summed E-state index contributed by atoms with van der Waals surface area (Å²) in [6.45, 7) is 4.60. The molecule has 1 aliphatic heterocycles. The van der Waals surface area contributed by atoms with E-state index in [-0.39, 0.29) is 11.4 Å². The van der Waals surface area contributed by atoms with Crippen LogP contribution < -0.4 is 10.2 Å². The highest BCUT2D eigenvalue weighted by Gasteiger charge is 2.33. The van der Waals surface area contributed by atoms with Gasteiger partial charge in [0.2, 0.25) is 0 Å². The van der Waals surface area contributed by atoms with Crippen LogP contribution in [-0.2, 0) is 0 Å². The third-order valence-corrected chi connectivity index (χ3v) is 3.54. The maximum Gasteiger partial charge on any atom is 0.258 e. The van der Waals surface area contributed by atoms with Crippen LogP contribution in [0.5, 0.6) is 0 Å². The molecule has 2 aromatic carbocycles. The summed E-state index contributed by atoms with van der Waals surface area (Å²) in [6, 6.07) is 13.5. The molecule has 1 heterocycles. The largest absolute Gasteiger partial charge is 0.377 e. The minimum atomic E-state index is -0.400. The fourth-order valence-electron chi connectivity index (χ4n) is 2.66. The Labute approximate surface area is 123 Å². The number of carbonyl (C=O) groups is 1. The number of fused-ring (bicyclic) bond motifs is 1. The minimum Gasteiger partial charge on any atom is -0.377 e. The molecule has 0 saturated carbocycles. The topological polar surface area (TPSA) is 32.3 Å². The van der Waals surface area contributed by atoms with Gasteiger partial charge in [0.15, 0.2) is 0 Å². The standard InChI is InChI=1S/C17H17FN2O/c1-17(2)11-20(15-9-4-3-8-14(15)19-17)16(21)12-6-5-7-13(18)10-12/h3-10,19H,11H2,1-2H3. The first-order valence-electron chi connectivity index (χ1n) is 6.91. The van der Waals surface area contributed by atoms with E-state index in [0.29, 0.717) is 12.1 Å². The highest BCUT2D eigenvalue weighted by atomic mass is 19.1. The molecule has 0 aliphatic carbocycles. The van der Waals surface area contributed by atoms with Gasteiger partial charge in [-0.1, -0.05) is 18.2 Å². The number of hydrogen-bond acceptors (Lipinski definition) is 2. The van der Waals surface area contributed by atoms with Gasteiger partial charge in [0, 0.05) is 17.6 Å². The van der Waals surface area contributed by atoms with Gasteiger partial charge in [0.1, 0.15) is 5.82 Å². The summed E-state index contributed by atoms with van der Waals surface area (Å²) in [5, 5.41) is 3.42. The lowest BCUT2D eigenvalue weighted by molar-refractivity contribution is 0.0981. The molecule has 0 aromatic heterocycles. The van der Waals surface area contributed by atoms with Crippen LogP contribution in [0.4, 0.5) is 15.8 Å². The van der Waals surface area contributed by atoms with E-state index in [4.69, 9.17) is 0 Å². The van der Waals surface area contributed by atoms with E-state index in [2.05, 4.69) is 5.32 Å². The van der Waals surface area contributed by atoms with Crippen molar-refractivity contribution in [3.8, 4) is 0 Å². The molecule has 21 heavy (non-hydrogen) atoms. The first-order chi connectivity index (χ1) is 9.96. The van der Waals surface area contributed by atoms with Crippen LogP contribution in [0.2, 0.25) is 0 Å². The fraction of sp³-hybridized carbons (Fsp3) is 0.235. The molecule has 3 nitrogen and oxygen atoms in total. The number of benzene rings is 2. The first-order valence-corrected chi connectivity index (χ1v) is 6.91. The van der Waals surface area contributed by atoms with Crippen molar-refractivity contribution in [2.45, 2.75) is 19.4 Å². The zero-order chi connectivity index (χ0) is 15.0. The minimum absolute atomic E-state index is 0.184. The first kappa shape index (κ1) is 13.6. The Morgan fingerprint density at radius 1 is 1.19 bits per heavy atom. The molecule has 108 valence electrons. The van der Waals surface area contributed by atoms with Crippen molar-refractivity contribution in [1.82, 2.24) is 0 Å². The Morgan fingerprint density at radius 2 is 1.95 bits per heavy atom. The van der Waals surface area contributed by atoms with Gasteiger partial charge in [-0.15, -0.1) is 0 Å². The number of halogens is 1. The molecular formula is C17H17FN2O. The predicted octanol–water partition coefficient (Wildman–Crippen LogP) is 3.68. The number of hydrogen-bond donors (Lipinski definition) is 1. The third kappa shape index (κ3) is 2.61. The number of rotatable bonds is 1. The molecule has 0 spiro atoms. The second-order valence-corrected chi connectivity index (χ2v) is 5.93. The molecule has 3 rings (SSSR count). The monoisotopic (exact) mass is 284 g/mol. The quantitative estimate of drug-likeness (QED) is 0.866. The van der Waals surface area contributed by atoms with Crippen LogP contribution in [-0.4, -0.2) is 18.0 Å². The summed E-state index contributed by atoms with van der Waals surface area (Å²) < 4.78 is 13.4. The maximum atomic E-state index is 13.4. The molecule has 1 N–H and O–H groups in total. The van der Waals surface area contributed by atoms with Crippen molar-refractivity contribution in [3.63, 3.8) is 0 Å². The lowest BCUT2D eigenvalue weighted by Crippen LogP contribution is -2.50. The Kier molecular flexibility index (Phi) is 3.16. The van der Waals surface area contributed by atoms with Crippen molar-refractivity contribution in [3.05, 3.63) is 59.9 Å². The molecule has 1 aliphatic rings. The highest BCUT2D eigenvalue weighted by Crippen LogP contribution is 2.35. The second-order valence-electron chi connectivity index (χ2n) is 5.93. The zero-order valence-corrected chi connectivity index (χ0v) is 12.1. The van der Waals surface area contributed by atoms with Crippen molar-refractivity contribution in [2.24, 2.45) is 0 Å². The van der Waals surface area contributed by atoms with E-state index in [1.54, 1.807) is 17.0 Å². The lowest BCUT2D eigenvalue weighted by Gasteiger charge is -2.40. The molecule has 0 radical (unpaired) electrons. The van der Waals surface area contributed by atoms with Crippen molar-refractivity contribution in [1.29, 1.82) is 0 Å². The summed E-state index contributed by atoms with van der Waals surface area (Å²) >= 11 is 0. The normalized spacial score (nSPS) is 16.0. The lowest BCUT2D eigenvalue weighted by atomic mass is 9.98. The van der Waals surface area contributed by atoms with E-state index in [0.717, 1.165) is 11.4 Å². The van der Waals surface area contributed by atoms with Crippen molar-refractivity contribution < 1.29 is 9.18 Å². The van der Waals surface area contributed by atoms with Gasteiger partial charge >= 0.3 is 0 Å². The molecule has 0 bridgehead atoms. The summed E-state index contributed by atoms with van der Waals surface area (Å²) in [7, 11) is 0. The van der Waals surface area contributed by atoms with Crippen molar-refractivity contribution >= 4 is 17.3 Å². The van der Waals surface area contributed by atoms with Gasteiger partial charge in [0.25, 0.3) is 5.91 Å². The molecule has 0 fully saturated rings. The molecular weight excluding hydrogens is 267 g/mol. The van der Waals surface area contributed by atoms with Gasteiger partial charge in [0.05, 0.1) is 11.4 Å². The number of carbonyl (C=O) groups excluding carboxylic acids is 1. The number of nitrogens with zero attached hydrogens (tertiary/aromatic N) is 1.